The third-order valence-corrected chi connectivity index (χ3v) is 3.47. The van der Waals surface area contributed by atoms with Crippen LogP contribution in [0.5, 0.6) is 5.75 Å². The average Bonchev–Trinajstić information content (AvgIpc) is 2.26. The first-order valence-electron chi connectivity index (χ1n) is 4.40. The van der Waals surface area contributed by atoms with Gasteiger partial charge in [-0.1, -0.05) is 0 Å². The van der Waals surface area contributed by atoms with Gasteiger partial charge in [0.25, 0.3) is 0 Å². The molecular weight excluding hydrogens is 257 g/mol. The van der Waals surface area contributed by atoms with Crippen LogP contribution in [0, 0.1) is 5.82 Å². The lowest BCUT2D eigenvalue weighted by molar-refractivity contribution is 0.385. The van der Waals surface area contributed by atoms with Crippen LogP contribution in [0.25, 0.3) is 0 Å². The number of ether oxygens (including phenoxy) is 1. The van der Waals surface area contributed by atoms with Crippen LogP contribution in [-0.4, -0.2) is 28.0 Å². The smallest absolute Gasteiger partial charge is 0.240 e. The highest BCUT2D eigenvalue weighted by Gasteiger charge is 2.15. The second-order valence-corrected chi connectivity index (χ2v) is 5.03. The van der Waals surface area contributed by atoms with Crippen molar-refractivity contribution in [2.45, 2.75) is 4.90 Å². The van der Waals surface area contributed by atoms with Gasteiger partial charge in [0.1, 0.15) is 0 Å². The number of halogens is 2. The molecule has 0 unspecified atom stereocenters. The number of methoxy groups -OCH3 is 1. The number of hydrogen-bond donors (Lipinski definition) is 1. The highest BCUT2D eigenvalue weighted by molar-refractivity contribution is 7.89. The van der Waals surface area contributed by atoms with Crippen molar-refractivity contribution >= 4 is 21.6 Å². The summed E-state index contributed by atoms with van der Waals surface area (Å²) in [7, 11) is -2.40. The first-order chi connectivity index (χ1) is 7.51. The van der Waals surface area contributed by atoms with Gasteiger partial charge in [-0.2, -0.15) is 0 Å². The first kappa shape index (κ1) is 13.2. The molecule has 0 heterocycles. The van der Waals surface area contributed by atoms with Crippen molar-refractivity contribution in [2.75, 3.05) is 19.5 Å². The highest BCUT2D eigenvalue weighted by atomic mass is 35.5. The van der Waals surface area contributed by atoms with E-state index in [9.17, 15) is 12.8 Å². The van der Waals surface area contributed by atoms with Gasteiger partial charge in [-0.15, -0.1) is 11.6 Å². The molecule has 0 fully saturated rings. The monoisotopic (exact) mass is 267 g/mol. The van der Waals surface area contributed by atoms with Crippen LogP contribution in [0.3, 0.4) is 0 Å². The van der Waals surface area contributed by atoms with Gasteiger partial charge >= 0.3 is 0 Å². The van der Waals surface area contributed by atoms with Gasteiger partial charge in [0.15, 0.2) is 11.6 Å². The molecule has 1 N–H and O–H groups in total. The molecule has 0 spiro atoms. The van der Waals surface area contributed by atoms with E-state index in [1.54, 1.807) is 0 Å². The number of alkyl halides is 1. The van der Waals surface area contributed by atoms with Gasteiger partial charge in [0.05, 0.1) is 12.0 Å². The molecule has 0 aliphatic rings. The van der Waals surface area contributed by atoms with E-state index < -0.39 is 15.8 Å². The molecule has 0 aromatic heterocycles. The summed E-state index contributed by atoms with van der Waals surface area (Å²) in [5, 5.41) is 0. The average molecular weight is 268 g/mol. The van der Waals surface area contributed by atoms with Gasteiger partial charge in [-0.3, -0.25) is 0 Å². The maximum absolute atomic E-state index is 13.3. The summed E-state index contributed by atoms with van der Waals surface area (Å²) in [6.45, 7) is 0.0948. The normalized spacial score (nSPS) is 11.4. The number of benzene rings is 1. The molecule has 0 aliphatic carbocycles. The minimum absolute atomic E-state index is 0.00343. The minimum Gasteiger partial charge on any atom is -0.494 e. The van der Waals surface area contributed by atoms with Crippen LogP contribution in [-0.2, 0) is 10.0 Å². The van der Waals surface area contributed by atoms with Crippen LogP contribution in [0.2, 0.25) is 0 Å². The van der Waals surface area contributed by atoms with Crippen LogP contribution in [0.4, 0.5) is 4.39 Å². The molecule has 16 heavy (non-hydrogen) atoms. The van der Waals surface area contributed by atoms with Crippen LogP contribution < -0.4 is 9.46 Å². The van der Waals surface area contributed by atoms with Gasteiger partial charge in [0.2, 0.25) is 10.0 Å². The molecule has 0 radical (unpaired) electrons. The van der Waals surface area contributed by atoms with Crippen molar-refractivity contribution in [2.24, 2.45) is 0 Å². The Labute approximate surface area is 98.4 Å². The molecule has 0 bridgehead atoms. The summed E-state index contributed by atoms with van der Waals surface area (Å²) in [4.78, 5) is -0.157. The Hall–Kier alpha value is -0.850. The van der Waals surface area contributed by atoms with Crippen LogP contribution in [0.15, 0.2) is 23.1 Å². The van der Waals surface area contributed by atoms with Crippen molar-refractivity contribution in [3.63, 3.8) is 0 Å². The zero-order valence-electron chi connectivity index (χ0n) is 8.54. The quantitative estimate of drug-likeness (QED) is 0.820. The van der Waals surface area contributed by atoms with E-state index in [-0.39, 0.29) is 23.1 Å². The zero-order valence-corrected chi connectivity index (χ0v) is 10.1. The van der Waals surface area contributed by atoms with E-state index in [1.165, 1.54) is 19.2 Å². The third kappa shape index (κ3) is 3.07. The van der Waals surface area contributed by atoms with Gasteiger partial charge < -0.3 is 4.74 Å². The number of hydrogen-bond acceptors (Lipinski definition) is 3. The Morgan fingerprint density at radius 3 is 2.69 bits per heavy atom. The van der Waals surface area contributed by atoms with E-state index in [4.69, 9.17) is 11.6 Å². The lowest BCUT2D eigenvalue weighted by atomic mass is 10.3. The second kappa shape index (κ2) is 5.47. The Kier molecular flexibility index (Phi) is 4.52. The van der Waals surface area contributed by atoms with E-state index in [2.05, 4.69) is 9.46 Å². The molecule has 90 valence electrons. The summed E-state index contributed by atoms with van der Waals surface area (Å²) >= 11 is 5.35. The number of nitrogens with one attached hydrogen (secondary N) is 1. The second-order valence-electron chi connectivity index (χ2n) is 2.88. The molecule has 1 aromatic carbocycles. The van der Waals surface area contributed by atoms with Crippen molar-refractivity contribution < 1.29 is 17.5 Å². The summed E-state index contributed by atoms with van der Waals surface area (Å²) in [5.74, 6) is -0.578. The standard InChI is InChI=1S/C9H11ClFNO3S/c1-15-9-3-2-7(6-8(9)11)16(13,14)12-5-4-10/h2-3,6,12H,4-5H2,1H3. The van der Waals surface area contributed by atoms with Gasteiger partial charge in [0, 0.05) is 12.4 Å². The molecule has 0 amide bonds. The first-order valence-corrected chi connectivity index (χ1v) is 6.42. The Balaban J connectivity index is 3.01. The molecule has 0 saturated heterocycles. The van der Waals surface area contributed by atoms with Crippen molar-refractivity contribution in [1.82, 2.24) is 4.72 Å². The molecule has 1 rings (SSSR count). The van der Waals surface area contributed by atoms with Crippen LogP contribution in [0.1, 0.15) is 0 Å². The van der Waals surface area contributed by atoms with Gasteiger partial charge in [-0.25, -0.2) is 17.5 Å². The van der Waals surface area contributed by atoms with E-state index in [1.807, 2.05) is 0 Å². The molecule has 0 aliphatic heterocycles. The van der Waals surface area contributed by atoms with E-state index >= 15 is 0 Å². The number of sulfonamides is 1. The van der Waals surface area contributed by atoms with E-state index in [0.29, 0.717) is 0 Å². The van der Waals surface area contributed by atoms with Crippen molar-refractivity contribution in [3.8, 4) is 5.75 Å². The summed E-state index contributed by atoms with van der Waals surface area (Å²) < 4.78 is 43.3. The maximum atomic E-state index is 13.3. The lowest BCUT2D eigenvalue weighted by Gasteiger charge is -2.07. The summed E-state index contributed by atoms with van der Waals surface area (Å²) in [5.41, 5.74) is 0. The molecule has 0 saturated carbocycles. The topological polar surface area (TPSA) is 55.4 Å². The Morgan fingerprint density at radius 1 is 1.50 bits per heavy atom. The minimum atomic E-state index is -3.70. The molecular formula is C9H11ClFNO3S. The van der Waals surface area contributed by atoms with E-state index in [0.717, 1.165) is 6.07 Å². The lowest BCUT2D eigenvalue weighted by Crippen LogP contribution is -2.25. The predicted octanol–water partition coefficient (Wildman–Crippen LogP) is 1.35. The highest BCUT2D eigenvalue weighted by Crippen LogP contribution is 2.20. The van der Waals surface area contributed by atoms with Crippen molar-refractivity contribution in [3.05, 3.63) is 24.0 Å². The predicted molar refractivity (Wildman–Crippen MR) is 58.9 cm³/mol. The molecule has 7 heteroatoms. The summed E-state index contributed by atoms with van der Waals surface area (Å²) in [6.07, 6.45) is 0. The number of rotatable bonds is 5. The fourth-order valence-corrected chi connectivity index (χ4v) is 2.32. The Bertz CT molecular complexity index is 464. The maximum Gasteiger partial charge on any atom is 0.240 e. The SMILES string of the molecule is COc1ccc(S(=O)(=O)NCCCl)cc1F. The third-order valence-electron chi connectivity index (χ3n) is 1.82. The molecule has 0 atom stereocenters. The molecule has 1 aromatic rings. The van der Waals surface area contributed by atoms with Crippen molar-refractivity contribution in [1.29, 1.82) is 0 Å². The zero-order chi connectivity index (χ0) is 12.2. The largest absolute Gasteiger partial charge is 0.494 e. The molecule has 4 nitrogen and oxygen atoms in total. The fraction of sp³-hybridized carbons (Fsp3) is 0.333. The van der Waals surface area contributed by atoms with Gasteiger partial charge in [-0.05, 0) is 18.2 Å². The van der Waals surface area contributed by atoms with Crippen LogP contribution >= 0.6 is 11.6 Å². The Morgan fingerprint density at radius 2 is 2.19 bits per heavy atom. The summed E-state index contributed by atoms with van der Waals surface area (Å²) in [6, 6.07) is 3.42. The fourth-order valence-electron chi connectivity index (χ4n) is 1.07.